The fourth-order valence-corrected chi connectivity index (χ4v) is 4.26. The highest BCUT2D eigenvalue weighted by Gasteiger charge is 2.27. The lowest BCUT2D eigenvalue weighted by Crippen LogP contribution is -2.51. The fourth-order valence-electron chi connectivity index (χ4n) is 4.26. The molecule has 8 heteroatoms. The van der Waals surface area contributed by atoms with E-state index in [1.807, 2.05) is 87.5 Å². The third-order valence-electron chi connectivity index (χ3n) is 6.54. The molecule has 0 saturated carbocycles. The van der Waals surface area contributed by atoms with Gasteiger partial charge < -0.3 is 24.0 Å². The first-order valence-electron chi connectivity index (χ1n) is 14.4. The zero-order valence-corrected chi connectivity index (χ0v) is 25.7. The molecule has 0 aliphatic carbocycles. The molecule has 0 bridgehead atoms. The van der Waals surface area contributed by atoms with E-state index in [4.69, 9.17) is 9.47 Å². The summed E-state index contributed by atoms with van der Waals surface area (Å²) in [6.45, 7) is 9.47. The fraction of sp³-hybridized carbons (Fsp3) is 0.343. The molecule has 0 aromatic heterocycles. The number of piperazine rings is 1. The van der Waals surface area contributed by atoms with Gasteiger partial charge in [0.2, 0.25) is 5.91 Å². The van der Waals surface area contributed by atoms with Gasteiger partial charge in [0.25, 0.3) is 0 Å². The Labute approximate surface area is 254 Å². The number of aryl methyl sites for hydroxylation is 2. The van der Waals surface area contributed by atoms with Crippen molar-refractivity contribution in [2.45, 2.75) is 46.1 Å². The van der Waals surface area contributed by atoms with Gasteiger partial charge >= 0.3 is 12.1 Å². The molecular weight excluding hydrogens is 544 g/mol. The minimum atomic E-state index is -0.544. The lowest BCUT2D eigenvalue weighted by atomic mass is 10.1. The SMILES string of the molecule is COC(=O)/C=C/c1ccccc1Oc1ccccc1CCC(=O)N1CCN(C(=O)OC(C)(C)C)CC1.Cc1ccccc1. The van der Waals surface area contributed by atoms with Crippen LogP contribution in [0.2, 0.25) is 0 Å². The van der Waals surface area contributed by atoms with E-state index in [-0.39, 0.29) is 12.0 Å². The van der Waals surface area contributed by atoms with Crippen LogP contribution in [0.1, 0.15) is 43.9 Å². The summed E-state index contributed by atoms with van der Waals surface area (Å²) in [5, 5.41) is 0. The zero-order valence-electron chi connectivity index (χ0n) is 25.7. The first-order valence-corrected chi connectivity index (χ1v) is 14.4. The standard InChI is InChI=1S/C28H34N2O6.C7H8/c1-28(2,3)36-27(33)30-19-17-29(18-20-30)25(31)15-13-21-9-5-7-11-23(21)35-24-12-8-6-10-22(24)14-16-26(32)34-4;1-7-5-3-2-4-6-7/h5-12,14,16H,13,15,17-20H2,1-4H3;2-6H,1H3/b16-14+;. The van der Waals surface area contributed by atoms with Crippen molar-refractivity contribution in [3.63, 3.8) is 0 Å². The van der Waals surface area contributed by atoms with E-state index in [1.165, 1.54) is 18.7 Å². The molecule has 0 atom stereocenters. The molecule has 1 aliphatic rings. The average molecular weight is 587 g/mol. The molecular formula is C35H42N2O6. The number of methoxy groups -OCH3 is 1. The third-order valence-corrected chi connectivity index (χ3v) is 6.54. The molecule has 0 N–H and O–H groups in total. The Morgan fingerprint density at radius 1 is 0.791 bits per heavy atom. The summed E-state index contributed by atoms with van der Waals surface area (Å²) in [6, 6.07) is 25.2. The number of hydrogen-bond acceptors (Lipinski definition) is 6. The summed E-state index contributed by atoms with van der Waals surface area (Å²) in [4.78, 5) is 40.1. The minimum absolute atomic E-state index is 0.0371. The number of benzene rings is 3. The van der Waals surface area contributed by atoms with E-state index in [0.29, 0.717) is 50.5 Å². The number of amides is 2. The highest BCUT2D eigenvalue weighted by atomic mass is 16.6. The predicted molar refractivity (Wildman–Crippen MR) is 168 cm³/mol. The van der Waals surface area contributed by atoms with Crippen LogP contribution in [0.5, 0.6) is 11.5 Å². The van der Waals surface area contributed by atoms with Gasteiger partial charge in [0, 0.05) is 44.2 Å². The molecule has 3 aromatic carbocycles. The second-order valence-corrected chi connectivity index (χ2v) is 11.1. The number of carbonyl (C=O) groups is 3. The Hall–Kier alpha value is -4.59. The van der Waals surface area contributed by atoms with Crippen LogP contribution >= 0.6 is 0 Å². The van der Waals surface area contributed by atoms with Gasteiger partial charge in [0.05, 0.1) is 7.11 Å². The van der Waals surface area contributed by atoms with E-state index in [9.17, 15) is 14.4 Å². The number of nitrogens with zero attached hydrogens (tertiary/aromatic N) is 2. The van der Waals surface area contributed by atoms with Crippen LogP contribution in [0.15, 0.2) is 84.9 Å². The largest absolute Gasteiger partial charge is 0.466 e. The van der Waals surface area contributed by atoms with Gasteiger partial charge in [-0.3, -0.25) is 4.79 Å². The van der Waals surface area contributed by atoms with Gasteiger partial charge in [0.15, 0.2) is 0 Å². The predicted octanol–water partition coefficient (Wildman–Crippen LogP) is 6.67. The van der Waals surface area contributed by atoms with Crippen LogP contribution in [0, 0.1) is 6.92 Å². The number of ether oxygens (including phenoxy) is 3. The van der Waals surface area contributed by atoms with Gasteiger partial charge in [0.1, 0.15) is 17.1 Å². The molecule has 43 heavy (non-hydrogen) atoms. The molecule has 1 saturated heterocycles. The Bertz CT molecular complexity index is 1370. The topological polar surface area (TPSA) is 85.4 Å². The van der Waals surface area contributed by atoms with Crippen LogP contribution in [0.4, 0.5) is 4.79 Å². The Balaban J connectivity index is 0.000000633. The van der Waals surface area contributed by atoms with Crippen molar-refractivity contribution in [3.05, 3.63) is 102 Å². The molecule has 3 aromatic rings. The summed E-state index contributed by atoms with van der Waals surface area (Å²) in [7, 11) is 1.33. The van der Waals surface area contributed by atoms with Crippen LogP contribution in [-0.2, 0) is 25.5 Å². The minimum Gasteiger partial charge on any atom is -0.466 e. The summed E-state index contributed by atoms with van der Waals surface area (Å²) < 4.78 is 16.3. The number of rotatable bonds is 7. The zero-order chi connectivity index (χ0) is 31.2. The molecule has 1 heterocycles. The maximum absolute atomic E-state index is 12.9. The van der Waals surface area contributed by atoms with Crippen molar-refractivity contribution in [1.29, 1.82) is 0 Å². The molecule has 4 rings (SSSR count). The third kappa shape index (κ3) is 11.3. The molecule has 228 valence electrons. The summed E-state index contributed by atoms with van der Waals surface area (Å²) >= 11 is 0. The molecule has 1 aliphatic heterocycles. The molecule has 1 fully saturated rings. The van der Waals surface area contributed by atoms with Crippen molar-refractivity contribution in [1.82, 2.24) is 9.80 Å². The van der Waals surface area contributed by atoms with Gasteiger partial charge in [-0.15, -0.1) is 0 Å². The van der Waals surface area contributed by atoms with Crippen LogP contribution in [-0.4, -0.2) is 66.7 Å². The Kier molecular flexibility index (Phi) is 12.4. The first-order chi connectivity index (χ1) is 20.6. The summed E-state index contributed by atoms with van der Waals surface area (Å²) in [5.74, 6) is 0.833. The van der Waals surface area contributed by atoms with Crippen molar-refractivity contribution < 1.29 is 28.6 Å². The first kappa shape index (κ1) is 32.9. The monoisotopic (exact) mass is 586 g/mol. The smallest absolute Gasteiger partial charge is 0.410 e. The molecule has 2 amide bonds. The van der Waals surface area contributed by atoms with Gasteiger partial charge in [-0.2, -0.15) is 0 Å². The van der Waals surface area contributed by atoms with Crippen molar-refractivity contribution in [3.8, 4) is 11.5 Å². The Morgan fingerprint density at radius 3 is 1.98 bits per heavy atom. The average Bonchev–Trinajstić information content (AvgIpc) is 3.00. The second-order valence-electron chi connectivity index (χ2n) is 11.1. The quantitative estimate of drug-likeness (QED) is 0.227. The van der Waals surface area contributed by atoms with Gasteiger partial charge in [-0.25, -0.2) is 9.59 Å². The molecule has 0 radical (unpaired) electrons. The summed E-state index contributed by atoms with van der Waals surface area (Å²) in [6.07, 6.45) is 3.49. The highest BCUT2D eigenvalue weighted by Crippen LogP contribution is 2.30. The number of hydrogen-bond donors (Lipinski definition) is 0. The van der Waals surface area contributed by atoms with Crippen LogP contribution in [0.3, 0.4) is 0 Å². The van der Waals surface area contributed by atoms with Crippen molar-refractivity contribution >= 4 is 24.0 Å². The van der Waals surface area contributed by atoms with Crippen molar-refractivity contribution in [2.24, 2.45) is 0 Å². The molecule has 0 spiro atoms. The lowest BCUT2D eigenvalue weighted by Gasteiger charge is -2.35. The Morgan fingerprint density at radius 2 is 1.37 bits per heavy atom. The lowest BCUT2D eigenvalue weighted by molar-refractivity contribution is -0.135. The maximum atomic E-state index is 12.9. The molecule has 8 nitrogen and oxygen atoms in total. The van der Waals surface area contributed by atoms with E-state index in [1.54, 1.807) is 15.9 Å². The van der Waals surface area contributed by atoms with Crippen molar-refractivity contribution in [2.75, 3.05) is 33.3 Å². The van der Waals surface area contributed by atoms with Crippen LogP contribution < -0.4 is 4.74 Å². The van der Waals surface area contributed by atoms with E-state index >= 15 is 0 Å². The molecule has 0 unspecified atom stereocenters. The van der Waals surface area contributed by atoms with Gasteiger partial charge in [-0.05, 0) is 57.9 Å². The number of carbonyl (C=O) groups excluding carboxylic acids is 3. The summed E-state index contributed by atoms with van der Waals surface area (Å²) in [5.41, 5.74) is 2.42. The van der Waals surface area contributed by atoms with Crippen LogP contribution in [0.25, 0.3) is 6.08 Å². The number of para-hydroxylation sites is 2. The van der Waals surface area contributed by atoms with Gasteiger partial charge in [-0.1, -0.05) is 72.3 Å². The van der Waals surface area contributed by atoms with E-state index in [0.717, 1.165) is 11.1 Å². The maximum Gasteiger partial charge on any atom is 0.410 e. The van der Waals surface area contributed by atoms with E-state index < -0.39 is 11.6 Å². The second kappa shape index (κ2) is 16.2. The van der Waals surface area contributed by atoms with E-state index in [2.05, 4.69) is 23.8 Å². The normalized spacial score (nSPS) is 13.1. The highest BCUT2D eigenvalue weighted by molar-refractivity contribution is 5.87. The number of esters is 1.